The Hall–Kier alpha value is 0.0249. The molecule has 1 atom stereocenters. The first-order valence-corrected chi connectivity index (χ1v) is 4.57. The van der Waals surface area contributed by atoms with Gasteiger partial charge in [-0.3, -0.25) is 0 Å². The van der Waals surface area contributed by atoms with E-state index in [2.05, 4.69) is 32.7 Å². The van der Waals surface area contributed by atoms with Gasteiger partial charge in [-0.25, -0.2) is 0 Å². The fourth-order valence-electron chi connectivity index (χ4n) is 1.000. The second-order valence-electron chi connectivity index (χ2n) is 3.47. The van der Waals surface area contributed by atoms with Gasteiger partial charge in [0.05, 0.1) is 7.85 Å². The lowest BCUT2D eigenvalue weighted by Crippen LogP contribution is -2.37. The molecule has 0 rings (SSSR count). The zero-order valence-corrected chi connectivity index (χ0v) is 8.30. The van der Waals surface area contributed by atoms with Crippen molar-refractivity contribution in [3.05, 3.63) is 0 Å². The van der Waals surface area contributed by atoms with Gasteiger partial charge in [-0.15, -0.1) is 0 Å². The van der Waals surface area contributed by atoms with E-state index in [0.717, 1.165) is 6.42 Å². The summed E-state index contributed by atoms with van der Waals surface area (Å²) in [5, 5.41) is 0. The summed E-state index contributed by atoms with van der Waals surface area (Å²) in [5.41, 5.74) is 0. The predicted octanol–water partition coefficient (Wildman–Crippen LogP) is 2.01. The van der Waals surface area contributed by atoms with E-state index in [1.54, 1.807) is 0 Å². The van der Waals surface area contributed by atoms with Gasteiger partial charge < -0.3 is 4.90 Å². The Morgan fingerprint density at radius 1 is 1.36 bits per heavy atom. The molecule has 0 aliphatic carbocycles. The van der Waals surface area contributed by atoms with Crippen molar-refractivity contribution >= 4 is 7.85 Å². The summed E-state index contributed by atoms with van der Waals surface area (Å²) >= 11 is 0. The van der Waals surface area contributed by atoms with E-state index in [-0.39, 0.29) is 5.94 Å². The Morgan fingerprint density at radius 3 is 2.27 bits per heavy atom. The largest absolute Gasteiger partial charge is 0.310 e. The molecule has 0 aromatic carbocycles. The lowest BCUT2D eigenvalue weighted by Gasteiger charge is -2.28. The number of unbranched alkanes of at least 4 members (excludes halogenated alkanes) is 1. The summed E-state index contributed by atoms with van der Waals surface area (Å²) in [6.45, 7) is 6.54. The zero-order valence-electron chi connectivity index (χ0n) is 8.30. The molecular weight excluding hydrogens is 133 g/mol. The highest BCUT2D eigenvalue weighted by Gasteiger charge is 2.10. The summed E-state index contributed by atoms with van der Waals surface area (Å²) in [7, 11) is 8.02. The molecule has 0 fully saturated rings. The number of hydrogen-bond acceptors (Lipinski definition) is 1. The van der Waals surface area contributed by atoms with E-state index in [1.807, 2.05) is 0 Å². The molecule has 0 spiro atoms. The molecular formula is C9H20BN. The molecule has 2 radical (unpaired) electrons. The predicted molar refractivity (Wildman–Crippen MR) is 52.0 cm³/mol. The van der Waals surface area contributed by atoms with Gasteiger partial charge >= 0.3 is 0 Å². The molecule has 11 heavy (non-hydrogen) atoms. The van der Waals surface area contributed by atoms with E-state index in [4.69, 9.17) is 7.85 Å². The molecule has 0 saturated carbocycles. The fourth-order valence-corrected chi connectivity index (χ4v) is 1.000. The molecule has 1 unspecified atom stereocenters. The average molecular weight is 153 g/mol. The van der Waals surface area contributed by atoms with Crippen molar-refractivity contribution in [2.75, 3.05) is 7.05 Å². The van der Waals surface area contributed by atoms with Crippen molar-refractivity contribution in [3.63, 3.8) is 0 Å². The smallest absolute Gasteiger partial charge is 0.0910 e. The first kappa shape index (κ1) is 11.0. The van der Waals surface area contributed by atoms with Gasteiger partial charge in [-0.2, -0.15) is 0 Å². The highest BCUT2D eigenvalue weighted by molar-refractivity contribution is 6.11. The van der Waals surface area contributed by atoms with Crippen molar-refractivity contribution in [1.82, 2.24) is 4.90 Å². The highest BCUT2D eigenvalue weighted by atomic mass is 15.1. The van der Waals surface area contributed by atoms with E-state index in [9.17, 15) is 0 Å². The standard InChI is InChI=1S/C9H20BN/c1-5-6-7-9(10)11(4)8(2)3/h8-9H,5-7H2,1-4H3. The van der Waals surface area contributed by atoms with Crippen LogP contribution in [0, 0.1) is 0 Å². The van der Waals surface area contributed by atoms with Crippen LogP contribution in [0.3, 0.4) is 0 Å². The highest BCUT2D eigenvalue weighted by Crippen LogP contribution is 2.06. The van der Waals surface area contributed by atoms with Gasteiger partial charge in [-0.05, 0) is 33.3 Å². The van der Waals surface area contributed by atoms with Crippen molar-refractivity contribution in [3.8, 4) is 0 Å². The second-order valence-corrected chi connectivity index (χ2v) is 3.47. The van der Waals surface area contributed by atoms with Crippen molar-refractivity contribution in [2.24, 2.45) is 0 Å². The Morgan fingerprint density at radius 2 is 1.91 bits per heavy atom. The summed E-state index contributed by atoms with van der Waals surface area (Å²) in [4.78, 5) is 2.22. The molecule has 0 heterocycles. The molecule has 0 saturated heterocycles. The lowest BCUT2D eigenvalue weighted by atomic mass is 9.89. The van der Waals surface area contributed by atoms with Crippen LogP contribution < -0.4 is 0 Å². The molecule has 0 aromatic rings. The quantitative estimate of drug-likeness (QED) is 0.546. The summed E-state index contributed by atoms with van der Waals surface area (Å²) < 4.78 is 0. The molecule has 0 aliphatic rings. The topological polar surface area (TPSA) is 3.24 Å². The van der Waals surface area contributed by atoms with Crippen LogP contribution in [-0.2, 0) is 0 Å². The number of nitrogens with zero attached hydrogens (tertiary/aromatic N) is 1. The third-order valence-electron chi connectivity index (χ3n) is 2.19. The SMILES string of the molecule is [B]C(CCCC)N(C)C(C)C. The Kier molecular flexibility index (Phi) is 5.66. The maximum atomic E-state index is 5.93. The van der Waals surface area contributed by atoms with Crippen molar-refractivity contribution < 1.29 is 0 Å². The summed E-state index contributed by atoms with van der Waals surface area (Å²) in [6, 6.07) is 0.557. The average Bonchev–Trinajstić information content (AvgIpc) is 1.98. The van der Waals surface area contributed by atoms with Crippen LogP contribution in [-0.4, -0.2) is 31.8 Å². The van der Waals surface area contributed by atoms with Gasteiger partial charge in [-0.1, -0.05) is 19.8 Å². The van der Waals surface area contributed by atoms with E-state index in [1.165, 1.54) is 12.8 Å². The lowest BCUT2D eigenvalue weighted by molar-refractivity contribution is 0.239. The molecule has 64 valence electrons. The second kappa shape index (κ2) is 5.65. The molecule has 0 N–H and O–H groups in total. The van der Waals surface area contributed by atoms with Gasteiger partial charge in [0.2, 0.25) is 0 Å². The third kappa shape index (κ3) is 4.46. The van der Waals surface area contributed by atoms with Crippen molar-refractivity contribution in [1.29, 1.82) is 0 Å². The van der Waals surface area contributed by atoms with Gasteiger partial charge in [0.1, 0.15) is 0 Å². The molecule has 0 amide bonds. The van der Waals surface area contributed by atoms with Crippen LogP contribution in [0.5, 0.6) is 0 Å². The molecule has 2 heteroatoms. The van der Waals surface area contributed by atoms with Crippen LogP contribution in [0.1, 0.15) is 40.0 Å². The monoisotopic (exact) mass is 153 g/mol. The van der Waals surface area contributed by atoms with Crippen LogP contribution >= 0.6 is 0 Å². The number of hydrogen-bond donors (Lipinski definition) is 0. The van der Waals surface area contributed by atoms with E-state index >= 15 is 0 Å². The molecule has 0 bridgehead atoms. The first-order valence-electron chi connectivity index (χ1n) is 4.57. The van der Waals surface area contributed by atoms with Crippen LogP contribution in [0.15, 0.2) is 0 Å². The number of rotatable bonds is 5. The molecule has 0 aromatic heterocycles. The first-order chi connectivity index (χ1) is 5.09. The van der Waals surface area contributed by atoms with Gasteiger partial charge in [0.25, 0.3) is 0 Å². The third-order valence-corrected chi connectivity index (χ3v) is 2.19. The fraction of sp³-hybridized carbons (Fsp3) is 1.00. The van der Waals surface area contributed by atoms with E-state index in [0.29, 0.717) is 6.04 Å². The Labute approximate surface area is 72.6 Å². The molecule has 1 nitrogen and oxygen atoms in total. The van der Waals surface area contributed by atoms with Gasteiger partial charge in [0.15, 0.2) is 0 Å². The van der Waals surface area contributed by atoms with Crippen LogP contribution in [0.2, 0.25) is 0 Å². The minimum Gasteiger partial charge on any atom is -0.310 e. The Balaban J connectivity index is 3.55. The van der Waals surface area contributed by atoms with Crippen molar-refractivity contribution in [2.45, 2.75) is 52.0 Å². The summed E-state index contributed by atoms with van der Waals surface area (Å²) in [5.74, 6) is 0.245. The minimum absolute atomic E-state index is 0.245. The zero-order chi connectivity index (χ0) is 8.85. The Bertz CT molecular complexity index is 93.6. The maximum Gasteiger partial charge on any atom is 0.0910 e. The van der Waals surface area contributed by atoms with Crippen LogP contribution in [0.4, 0.5) is 0 Å². The maximum absolute atomic E-state index is 5.93. The normalized spacial score (nSPS) is 14.4. The van der Waals surface area contributed by atoms with Crippen LogP contribution in [0.25, 0.3) is 0 Å². The summed E-state index contributed by atoms with van der Waals surface area (Å²) in [6.07, 6.45) is 3.59. The molecule has 0 aliphatic heterocycles. The van der Waals surface area contributed by atoms with E-state index < -0.39 is 0 Å². The minimum atomic E-state index is 0.245. The van der Waals surface area contributed by atoms with Gasteiger partial charge in [0, 0.05) is 6.04 Å².